The van der Waals surface area contributed by atoms with Gasteiger partial charge in [0, 0.05) is 11.3 Å². The molecule has 0 atom stereocenters. The van der Waals surface area contributed by atoms with Gasteiger partial charge in [-0.15, -0.1) is 0 Å². The number of nitrogens with one attached hydrogen (secondary N) is 1. The Balaban J connectivity index is 1.82. The Morgan fingerprint density at radius 2 is 2.00 bits per heavy atom. The summed E-state index contributed by atoms with van der Waals surface area (Å²) < 4.78 is 13.5. The van der Waals surface area contributed by atoms with Crippen molar-refractivity contribution in [3.8, 4) is 17.1 Å². The minimum atomic E-state index is -0.537. The number of benzene rings is 1. The van der Waals surface area contributed by atoms with E-state index in [1.807, 2.05) is 10.6 Å². The molecule has 0 radical (unpaired) electrons. The molecule has 4 rings (SSSR count). The highest BCUT2D eigenvalue weighted by Gasteiger charge is 2.27. The van der Waals surface area contributed by atoms with Crippen molar-refractivity contribution in [1.82, 2.24) is 24.3 Å². The van der Waals surface area contributed by atoms with Gasteiger partial charge in [-0.25, -0.2) is 24.2 Å². The summed E-state index contributed by atoms with van der Waals surface area (Å²) in [6.07, 6.45) is 2.48. The monoisotopic (exact) mass is 382 g/mol. The Hall–Kier alpha value is -3.69. The highest BCUT2D eigenvalue weighted by atomic mass is 16.5. The average Bonchev–Trinajstić information content (AvgIpc) is 3.27. The molecule has 1 aliphatic rings. The van der Waals surface area contributed by atoms with E-state index in [0.717, 1.165) is 11.3 Å². The molecule has 1 N–H and O–H groups in total. The number of amides is 1. The molecule has 10 heteroatoms. The molecule has 1 aromatic carbocycles. The lowest BCUT2D eigenvalue weighted by atomic mass is 10.1. The molecule has 0 aliphatic carbocycles. The fourth-order valence-electron chi connectivity index (χ4n) is 3.12. The van der Waals surface area contributed by atoms with Crippen molar-refractivity contribution in [3.05, 3.63) is 42.2 Å². The molecular formula is C18H18N6O4. The van der Waals surface area contributed by atoms with Crippen molar-refractivity contribution in [2.24, 2.45) is 0 Å². The number of rotatable bonds is 4. The fourth-order valence-corrected chi connectivity index (χ4v) is 3.12. The number of carbonyl (C=O) groups is 2. The van der Waals surface area contributed by atoms with Crippen LogP contribution in [0.4, 0.5) is 10.5 Å². The Bertz CT molecular complexity index is 1050. The van der Waals surface area contributed by atoms with Gasteiger partial charge in [-0.1, -0.05) is 0 Å². The number of fused-ring (bicyclic) bond motifs is 5. The van der Waals surface area contributed by atoms with Crippen LogP contribution < -0.4 is 5.32 Å². The van der Waals surface area contributed by atoms with Crippen LogP contribution in [0.1, 0.15) is 30.0 Å². The van der Waals surface area contributed by atoms with Gasteiger partial charge in [-0.3, -0.25) is 9.88 Å². The van der Waals surface area contributed by atoms with Gasteiger partial charge >= 0.3 is 12.1 Å². The normalized spacial score (nSPS) is 11.6. The van der Waals surface area contributed by atoms with Crippen LogP contribution in [0.2, 0.25) is 0 Å². The van der Waals surface area contributed by atoms with Gasteiger partial charge in [0.1, 0.15) is 12.7 Å². The molecule has 0 spiro atoms. The summed E-state index contributed by atoms with van der Waals surface area (Å²) in [5.41, 5.74) is 2.94. The lowest BCUT2D eigenvalue weighted by molar-refractivity contribution is 0.0518. The summed E-state index contributed by atoms with van der Waals surface area (Å²) in [6.45, 7) is 4.33. The first kappa shape index (κ1) is 17.7. The zero-order chi connectivity index (χ0) is 19.7. The minimum Gasteiger partial charge on any atom is -0.461 e. The average molecular weight is 382 g/mol. The van der Waals surface area contributed by atoms with E-state index in [-0.39, 0.29) is 18.9 Å². The van der Waals surface area contributed by atoms with Crippen LogP contribution in [0.3, 0.4) is 0 Å². The van der Waals surface area contributed by atoms with Crippen LogP contribution in [-0.2, 0) is 16.0 Å². The Kier molecular flexibility index (Phi) is 4.52. The predicted octanol–water partition coefficient (Wildman–Crippen LogP) is 2.24. The van der Waals surface area contributed by atoms with Gasteiger partial charge in [-0.2, -0.15) is 5.10 Å². The molecule has 0 unspecified atom stereocenters. The highest BCUT2D eigenvalue weighted by Crippen LogP contribution is 2.33. The van der Waals surface area contributed by atoms with E-state index < -0.39 is 12.1 Å². The number of carbonyl (C=O) groups excluding carboxylic acids is 2. The van der Waals surface area contributed by atoms with Crippen molar-refractivity contribution >= 4 is 17.7 Å². The second kappa shape index (κ2) is 7.14. The van der Waals surface area contributed by atoms with Crippen molar-refractivity contribution in [1.29, 1.82) is 0 Å². The molecule has 144 valence electrons. The molecule has 3 heterocycles. The molecular weight excluding hydrogens is 364 g/mol. The lowest BCUT2D eigenvalue weighted by Gasteiger charge is -2.11. The van der Waals surface area contributed by atoms with Crippen molar-refractivity contribution in [2.45, 2.75) is 20.4 Å². The van der Waals surface area contributed by atoms with Crippen LogP contribution in [-0.4, -0.2) is 49.6 Å². The van der Waals surface area contributed by atoms with E-state index in [1.54, 1.807) is 37.0 Å². The summed E-state index contributed by atoms with van der Waals surface area (Å²) in [5, 5.41) is 6.94. The number of imidazole rings is 1. The predicted molar refractivity (Wildman–Crippen MR) is 98.3 cm³/mol. The number of ether oxygens (including phenoxy) is 2. The van der Waals surface area contributed by atoms with E-state index in [2.05, 4.69) is 20.4 Å². The van der Waals surface area contributed by atoms with Crippen LogP contribution in [0.5, 0.6) is 0 Å². The van der Waals surface area contributed by atoms with Crippen LogP contribution >= 0.6 is 0 Å². The maximum Gasteiger partial charge on any atom is 0.411 e. The summed E-state index contributed by atoms with van der Waals surface area (Å²) in [4.78, 5) is 32.6. The van der Waals surface area contributed by atoms with Gasteiger partial charge in [0.15, 0.2) is 11.5 Å². The fraction of sp³-hybridized carbons (Fsp3) is 0.278. The molecule has 2 aromatic heterocycles. The SMILES string of the molecule is CCOC(=O)Nc1ccc2c(c1)-c1ncnn1Cc1c(C(=O)OCC)ncn1-2. The van der Waals surface area contributed by atoms with Gasteiger partial charge in [-0.05, 0) is 32.0 Å². The van der Waals surface area contributed by atoms with Gasteiger partial charge in [0.25, 0.3) is 0 Å². The molecule has 0 saturated carbocycles. The molecule has 0 bridgehead atoms. The van der Waals surface area contributed by atoms with Crippen molar-refractivity contribution in [3.63, 3.8) is 0 Å². The molecule has 0 saturated heterocycles. The van der Waals surface area contributed by atoms with Gasteiger partial charge < -0.3 is 9.47 Å². The van der Waals surface area contributed by atoms with E-state index in [4.69, 9.17) is 9.47 Å². The van der Waals surface area contributed by atoms with Crippen molar-refractivity contribution in [2.75, 3.05) is 18.5 Å². The summed E-state index contributed by atoms with van der Waals surface area (Å²) in [6, 6.07) is 5.35. The van der Waals surface area contributed by atoms with Gasteiger partial charge in [0.2, 0.25) is 0 Å². The van der Waals surface area contributed by atoms with E-state index >= 15 is 0 Å². The maximum atomic E-state index is 12.3. The Morgan fingerprint density at radius 1 is 1.18 bits per heavy atom. The van der Waals surface area contributed by atoms with Crippen LogP contribution in [0, 0.1) is 0 Å². The standard InChI is InChI=1S/C18H18N6O4/c1-3-27-17(25)15-14-8-24-16(19-9-21-24)12-7-11(22-18(26)28-4-2)5-6-13(12)23(14)10-20-15/h5-7,9-10H,3-4,8H2,1-2H3,(H,22,26). The molecule has 3 aromatic rings. The zero-order valence-electron chi connectivity index (χ0n) is 15.4. The van der Waals surface area contributed by atoms with Gasteiger partial charge in [0.05, 0.1) is 31.1 Å². The second-order valence-electron chi connectivity index (χ2n) is 5.95. The van der Waals surface area contributed by atoms with Crippen LogP contribution in [0.15, 0.2) is 30.9 Å². The first-order chi connectivity index (χ1) is 13.6. The second-order valence-corrected chi connectivity index (χ2v) is 5.95. The number of nitrogens with zero attached hydrogens (tertiary/aromatic N) is 5. The molecule has 28 heavy (non-hydrogen) atoms. The highest BCUT2D eigenvalue weighted by molar-refractivity contribution is 5.90. The third kappa shape index (κ3) is 2.98. The largest absolute Gasteiger partial charge is 0.461 e. The minimum absolute atomic E-state index is 0.241. The summed E-state index contributed by atoms with van der Waals surface area (Å²) in [7, 11) is 0. The van der Waals surface area contributed by atoms with E-state index in [9.17, 15) is 9.59 Å². The van der Waals surface area contributed by atoms with Crippen molar-refractivity contribution < 1.29 is 19.1 Å². The molecule has 1 aliphatic heterocycles. The zero-order valence-corrected chi connectivity index (χ0v) is 15.4. The summed E-state index contributed by atoms with van der Waals surface area (Å²) in [5.74, 6) is 0.128. The molecule has 1 amide bonds. The summed E-state index contributed by atoms with van der Waals surface area (Å²) >= 11 is 0. The molecule has 0 fully saturated rings. The number of hydrogen-bond acceptors (Lipinski definition) is 7. The van der Waals surface area contributed by atoms with E-state index in [1.165, 1.54) is 6.33 Å². The number of esters is 1. The first-order valence-corrected chi connectivity index (χ1v) is 8.82. The van der Waals surface area contributed by atoms with E-state index in [0.29, 0.717) is 23.8 Å². The Morgan fingerprint density at radius 3 is 2.79 bits per heavy atom. The molecule has 10 nitrogen and oxygen atoms in total. The third-order valence-electron chi connectivity index (χ3n) is 4.27. The smallest absolute Gasteiger partial charge is 0.411 e. The van der Waals surface area contributed by atoms with Crippen LogP contribution in [0.25, 0.3) is 17.1 Å². The maximum absolute atomic E-state index is 12.3. The first-order valence-electron chi connectivity index (χ1n) is 8.82. The lowest BCUT2D eigenvalue weighted by Crippen LogP contribution is -2.13. The number of aromatic nitrogens is 5. The third-order valence-corrected chi connectivity index (χ3v) is 4.27. The number of anilines is 1. The number of hydrogen-bond donors (Lipinski definition) is 1. The Labute approximate surface area is 160 Å². The topological polar surface area (TPSA) is 113 Å². The quantitative estimate of drug-likeness (QED) is 0.539.